The SMILES string of the molecule is Cc1cccc(-c2nc(CN3CCN(C(=O)C(c4ccccc4)c4ccccc4)CC3)no2)c1. The number of nitrogens with zero attached hydrogens (tertiary/aromatic N) is 4. The molecule has 172 valence electrons. The molecule has 0 N–H and O–H groups in total. The molecule has 0 atom stereocenters. The van der Waals surface area contributed by atoms with Crippen molar-refractivity contribution in [3.8, 4) is 11.5 Å². The zero-order valence-corrected chi connectivity index (χ0v) is 19.3. The summed E-state index contributed by atoms with van der Waals surface area (Å²) in [6.45, 7) is 5.56. The van der Waals surface area contributed by atoms with Crippen LogP contribution in [0.5, 0.6) is 0 Å². The third-order valence-electron chi connectivity index (χ3n) is 6.29. The van der Waals surface area contributed by atoms with Gasteiger partial charge in [0.05, 0.1) is 12.5 Å². The minimum atomic E-state index is -0.289. The van der Waals surface area contributed by atoms with Gasteiger partial charge in [-0.3, -0.25) is 9.69 Å². The number of aromatic nitrogens is 2. The standard InChI is InChI=1S/C28H28N4O2/c1-21-9-8-14-24(19-21)27-29-25(30-34-27)20-31-15-17-32(18-16-31)28(33)26(22-10-4-2-5-11-22)23-12-6-3-7-13-23/h2-14,19,26H,15-18,20H2,1H3. The molecule has 4 aromatic rings. The number of hydrogen-bond acceptors (Lipinski definition) is 5. The molecule has 0 unspecified atom stereocenters. The summed E-state index contributed by atoms with van der Waals surface area (Å²) in [4.78, 5) is 22.5. The number of piperazine rings is 1. The summed E-state index contributed by atoms with van der Waals surface area (Å²) in [7, 11) is 0. The smallest absolute Gasteiger partial charge is 0.257 e. The van der Waals surface area contributed by atoms with Crippen LogP contribution in [0.4, 0.5) is 0 Å². The number of rotatable bonds is 6. The van der Waals surface area contributed by atoms with Crippen LogP contribution in [0.3, 0.4) is 0 Å². The molecule has 0 aliphatic carbocycles. The second-order valence-corrected chi connectivity index (χ2v) is 8.74. The zero-order chi connectivity index (χ0) is 23.3. The third-order valence-corrected chi connectivity index (χ3v) is 6.29. The van der Waals surface area contributed by atoms with E-state index in [1.807, 2.05) is 96.8 Å². The number of amides is 1. The Morgan fingerprint density at radius 3 is 2.15 bits per heavy atom. The van der Waals surface area contributed by atoms with E-state index in [4.69, 9.17) is 4.52 Å². The summed E-state index contributed by atoms with van der Waals surface area (Å²) in [5.41, 5.74) is 4.14. The van der Waals surface area contributed by atoms with E-state index < -0.39 is 0 Å². The van der Waals surface area contributed by atoms with Gasteiger partial charge < -0.3 is 9.42 Å². The van der Waals surface area contributed by atoms with Crippen molar-refractivity contribution in [3.05, 3.63) is 107 Å². The molecule has 1 fully saturated rings. The van der Waals surface area contributed by atoms with Crippen LogP contribution in [0.1, 0.15) is 28.4 Å². The van der Waals surface area contributed by atoms with Crippen LogP contribution in [0.15, 0.2) is 89.5 Å². The van der Waals surface area contributed by atoms with E-state index >= 15 is 0 Å². The Bertz CT molecular complexity index is 1190. The number of benzene rings is 3. The Morgan fingerprint density at radius 2 is 1.53 bits per heavy atom. The average molecular weight is 453 g/mol. The first-order valence-corrected chi connectivity index (χ1v) is 11.7. The predicted octanol–water partition coefficient (Wildman–Crippen LogP) is 4.52. The van der Waals surface area contributed by atoms with Gasteiger partial charge in [-0.15, -0.1) is 0 Å². The molecule has 5 rings (SSSR count). The molecule has 1 aliphatic rings. The van der Waals surface area contributed by atoms with Crippen molar-refractivity contribution in [2.24, 2.45) is 0 Å². The molecule has 6 nitrogen and oxygen atoms in total. The molecule has 2 heterocycles. The number of aryl methyl sites for hydroxylation is 1. The Balaban J connectivity index is 1.24. The van der Waals surface area contributed by atoms with E-state index in [0.717, 1.165) is 35.3 Å². The van der Waals surface area contributed by atoms with Gasteiger partial charge >= 0.3 is 0 Å². The van der Waals surface area contributed by atoms with Gasteiger partial charge in [0.25, 0.3) is 5.89 Å². The first-order chi connectivity index (χ1) is 16.7. The predicted molar refractivity (Wildman–Crippen MR) is 131 cm³/mol. The number of carbonyl (C=O) groups is 1. The molecule has 34 heavy (non-hydrogen) atoms. The molecule has 0 spiro atoms. The summed E-state index contributed by atoms with van der Waals surface area (Å²) in [6, 6.07) is 28.1. The van der Waals surface area contributed by atoms with Gasteiger partial charge in [0.15, 0.2) is 5.82 Å². The summed E-state index contributed by atoms with van der Waals surface area (Å²) in [6.07, 6.45) is 0. The Hall–Kier alpha value is -3.77. The minimum Gasteiger partial charge on any atom is -0.339 e. The van der Waals surface area contributed by atoms with Gasteiger partial charge in [0, 0.05) is 31.7 Å². The number of hydrogen-bond donors (Lipinski definition) is 0. The van der Waals surface area contributed by atoms with Gasteiger partial charge in [-0.05, 0) is 30.2 Å². The molecular weight excluding hydrogens is 424 g/mol. The Kier molecular flexibility index (Phi) is 6.49. The van der Waals surface area contributed by atoms with E-state index in [1.54, 1.807) is 0 Å². The summed E-state index contributed by atoms with van der Waals surface area (Å²) >= 11 is 0. The molecule has 3 aromatic carbocycles. The fourth-order valence-electron chi connectivity index (χ4n) is 4.49. The molecule has 0 saturated carbocycles. The highest BCUT2D eigenvalue weighted by atomic mass is 16.5. The quantitative estimate of drug-likeness (QED) is 0.430. The van der Waals surface area contributed by atoms with E-state index in [-0.39, 0.29) is 11.8 Å². The van der Waals surface area contributed by atoms with Gasteiger partial charge in [-0.1, -0.05) is 83.5 Å². The molecular formula is C28H28N4O2. The van der Waals surface area contributed by atoms with Gasteiger partial charge in [-0.25, -0.2) is 0 Å². The fraction of sp³-hybridized carbons (Fsp3) is 0.250. The fourth-order valence-corrected chi connectivity index (χ4v) is 4.49. The van der Waals surface area contributed by atoms with Crippen molar-refractivity contribution in [2.75, 3.05) is 26.2 Å². The Morgan fingerprint density at radius 1 is 0.882 bits per heavy atom. The average Bonchev–Trinajstić information content (AvgIpc) is 3.34. The lowest BCUT2D eigenvalue weighted by atomic mass is 9.90. The highest BCUT2D eigenvalue weighted by molar-refractivity contribution is 5.87. The summed E-state index contributed by atoms with van der Waals surface area (Å²) in [5.74, 6) is 1.07. The van der Waals surface area contributed by atoms with Crippen molar-refractivity contribution in [1.82, 2.24) is 19.9 Å². The van der Waals surface area contributed by atoms with Crippen LogP contribution in [-0.4, -0.2) is 52.0 Å². The molecule has 0 radical (unpaired) electrons. The van der Waals surface area contributed by atoms with Crippen LogP contribution < -0.4 is 0 Å². The first kappa shape index (κ1) is 22.0. The van der Waals surface area contributed by atoms with Crippen LogP contribution in [0.25, 0.3) is 11.5 Å². The highest BCUT2D eigenvalue weighted by Gasteiger charge is 2.30. The van der Waals surface area contributed by atoms with Crippen molar-refractivity contribution < 1.29 is 9.32 Å². The van der Waals surface area contributed by atoms with Gasteiger partial charge in [-0.2, -0.15) is 4.98 Å². The first-order valence-electron chi connectivity index (χ1n) is 11.7. The maximum Gasteiger partial charge on any atom is 0.257 e. The monoisotopic (exact) mass is 452 g/mol. The van der Waals surface area contributed by atoms with Crippen molar-refractivity contribution in [1.29, 1.82) is 0 Å². The second-order valence-electron chi connectivity index (χ2n) is 8.74. The van der Waals surface area contributed by atoms with Crippen LogP contribution in [0, 0.1) is 6.92 Å². The molecule has 6 heteroatoms. The van der Waals surface area contributed by atoms with Gasteiger partial charge in [0.1, 0.15) is 0 Å². The molecule has 1 aromatic heterocycles. The lowest BCUT2D eigenvalue weighted by Gasteiger charge is -2.36. The largest absolute Gasteiger partial charge is 0.339 e. The minimum absolute atomic E-state index is 0.151. The maximum atomic E-state index is 13.6. The zero-order valence-electron chi connectivity index (χ0n) is 19.3. The topological polar surface area (TPSA) is 62.5 Å². The van der Waals surface area contributed by atoms with Crippen LogP contribution in [0.2, 0.25) is 0 Å². The summed E-state index contributed by atoms with van der Waals surface area (Å²) in [5, 5.41) is 4.17. The molecule has 1 saturated heterocycles. The highest BCUT2D eigenvalue weighted by Crippen LogP contribution is 2.27. The van der Waals surface area contributed by atoms with E-state index in [2.05, 4.69) is 15.0 Å². The molecule has 0 bridgehead atoms. The Labute approximate surface area is 199 Å². The van der Waals surface area contributed by atoms with E-state index in [9.17, 15) is 4.79 Å². The second kappa shape index (κ2) is 10.0. The van der Waals surface area contributed by atoms with Gasteiger partial charge in [0.2, 0.25) is 5.91 Å². The van der Waals surface area contributed by atoms with Crippen LogP contribution in [-0.2, 0) is 11.3 Å². The van der Waals surface area contributed by atoms with Crippen LogP contribution >= 0.6 is 0 Å². The summed E-state index contributed by atoms with van der Waals surface area (Å²) < 4.78 is 5.48. The van der Waals surface area contributed by atoms with E-state index in [0.29, 0.717) is 31.3 Å². The third kappa shape index (κ3) is 4.92. The maximum absolute atomic E-state index is 13.6. The van der Waals surface area contributed by atoms with Crippen molar-refractivity contribution in [3.63, 3.8) is 0 Å². The molecule has 1 aliphatic heterocycles. The number of carbonyl (C=O) groups excluding carboxylic acids is 1. The lowest BCUT2D eigenvalue weighted by Crippen LogP contribution is -2.49. The lowest BCUT2D eigenvalue weighted by molar-refractivity contribution is -0.133. The van der Waals surface area contributed by atoms with E-state index in [1.165, 1.54) is 0 Å². The van der Waals surface area contributed by atoms with Crippen molar-refractivity contribution >= 4 is 5.91 Å². The van der Waals surface area contributed by atoms with Crippen molar-refractivity contribution in [2.45, 2.75) is 19.4 Å². The molecule has 1 amide bonds. The normalized spacial score (nSPS) is 14.5.